The highest BCUT2D eigenvalue weighted by Gasteiger charge is 2.36. The summed E-state index contributed by atoms with van der Waals surface area (Å²) >= 11 is 0. The van der Waals surface area contributed by atoms with Crippen LogP contribution < -0.4 is 0 Å². The maximum absolute atomic E-state index is 10.5. The van der Waals surface area contributed by atoms with Gasteiger partial charge in [-0.05, 0) is 12.6 Å². The van der Waals surface area contributed by atoms with E-state index in [0.29, 0.717) is 0 Å². The highest BCUT2D eigenvalue weighted by atomic mass is 28.4. The number of carboxylic acids is 1. The molecule has 5 nitrogen and oxygen atoms in total. The van der Waals surface area contributed by atoms with E-state index in [4.69, 9.17) is 18.4 Å². The van der Waals surface area contributed by atoms with E-state index in [-0.39, 0.29) is 5.57 Å². The SMILES string of the molecule is CO[Si](C=C(C)C(=O)O)(OC)OC. The van der Waals surface area contributed by atoms with Gasteiger partial charge in [-0.1, -0.05) is 0 Å². The van der Waals surface area contributed by atoms with Gasteiger partial charge in [0.25, 0.3) is 0 Å². The van der Waals surface area contributed by atoms with E-state index in [0.717, 1.165) is 0 Å². The predicted octanol–water partition coefficient (Wildman–Crippen LogP) is 0.435. The maximum atomic E-state index is 10.5. The molecule has 0 radical (unpaired) electrons. The Hall–Kier alpha value is -0.693. The molecule has 0 rings (SSSR count). The van der Waals surface area contributed by atoms with Gasteiger partial charge in [0, 0.05) is 26.9 Å². The molecule has 0 aliphatic rings. The molecular weight excluding hydrogens is 192 g/mol. The molecule has 0 spiro atoms. The molecule has 6 heteroatoms. The van der Waals surface area contributed by atoms with Crippen molar-refractivity contribution in [3.05, 3.63) is 11.3 Å². The summed E-state index contributed by atoms with van der Waals surface area (Å²) in [4.78, 5) is 10.5. The molecular formula is C7H14O5Si. The molecule has 0 aromatic carbocycles. The first-order chi connectivity index (χ1) is 6.01. The summed E-state index contributed by atoms with van der Waals surface area (Å²) in [5.41, 5.74) is 1.53. The van der Waals surface area contributed by atoms with Crippen molar-refractivity contribution < 1.29 is 23.2 Å². The molecule has 0 aliphatic heterocycles. The zero-order chi connectivity index (χ0) is 10.5. The number of carboxylic acid groups (broad SMARTS) is 1. The summed E-state index contributed by atoms with van der Waals surface area (Å²) in [6.45, 7) is 1.46. The van der Waals surface area contributed by atoms with Crippen molar-refractivity contribution in [2.75, 3.05) is 21.3 Å². The number of aliphatic carboxylic acids is 1. The average Bonchev–Trinajstić information content (AvgIpc) is 2.14. The molecule has 0 unspecified atom stereocenters. The standard InChI is InChI=1S/C7H14O5Si/c1-6(7(8)9)5-13(10-2,11-3)12-4/h5H,1-4H3,(H,8,9). The molecule has 13 heavy (non-hydrogen) atoms. The second kappa shape index (κ2) is 5.13. The van der Waals surface area contributed by atoms with Crippen LogP contribution >= 0.6 is 0 Å². The van der Waals surface area contributed by atoms with Gasteiger partial charge in [0.15, 0.2) is 0 Å². The number of hydrogen-bond donors (Lipinski definition) is 1. The monoisotopic (exact) mass is 206 g/mol. The zero-order valence-corrected chi connectivity index (χ0v) is 9.16. The Morgan fingerprint density at radius 2 is 1.62 bits per heavy atom. The highest BCUT2D eigenvalue weighted by Crippen LogP contribution is 2.10. The van der Waals surface area contributed by atoms with Crippen LogP contribution in [0.4, 0.5) is 0 Å². The van der Waals surface area contributed by atoms with Gasteiger partial charge in [-0.15, -0.1) is 0 Å². The van der Waals surface area contributed by atoms with E-state index < -0.39 is 14.8 Å². The quantitative estimate of drug-likeness (QED) is 0.522. The number of carbonyl (C=O) groups is 1. The molecule has 1 N–H and O–H groups in total. The van der Waals surface area contributed by atoms with Crippen molar-refractivity contribution in [2.45, 2.75) is 6.92 Å². The first kappa shape index (κ1) is 12.3. The minimum atomic E-state index is -2.89. The predicted molar refractivity (Wildman–Crippen MR) is 48.2 cm³/mol. The minimum absolute atomic E-state index is 0.150. The van der Waals surface area contributed by atoms with Gasteiger partial charge in [0.1, 0.15) is 0 Å². The van der Waals surface area contributed by atoms with E-state index in [1.54, 1.807) is 0 Å². The Morgan fingerprint density at radius 3 is 1.85 bits per heavy atom. The average molecular weight is 206 g/mol. The lowest BCUT2D eigenvalue weighted by Gasteiger charge is -2.20. The Balaban J connectivity index is 4.76. The van der Waals surface area contributed by atoms with Crippen LogP contribution in [0.25, 0.3) is 0 Å². The Bertz CT molecular complexity index is 201. The lowest BCUT2D eigenvalue weighted by Crippen LogP contribution is -2.41. The molecule has 0 aliphatic carbocycles. The first-order valence-corrected chi connectivity index (χ1v) is 5.39. The zero-order valence-electron chi connectivity index (χ0n) is 8.16. The third-order valence-corrected chi connectivity index (χ3v) is 4.08. The summed E-state index contributed by atoms with van der Waals surface area (Å²) in [5.74, 6) is -1.01. The van der Waals surface area contributed by atoms with Gasteiger partial charge in [0.2, 0.25) is 0 Å². The topological polar surface area (TPSA) is 65.0 Å². The fourth-order valence-corrected chi connectivity index (χ4v) is 2.26. The Morgan fingerprint density at radius 1 is 1.23 bits per heavy atom. The van der Waals surface area contributed by atoms with Crippen molar-refractivity contribution in [3.8, 4) is 0 Å². The molecule has 0 saturated heterocycles. The van der Waals surface area contributed by atoms with Crippen LogP contribution in [-0.2, 0) is 18.1 Å². The van der Waals surface area contributed by atoms with E-state index in [9.17, 15) is 4.79 Å². The van der Waals surface area contributed by atoms with Gasteiger partial charge in [-0.2, -0.15) is 0 Å². The van der Waals surface area contributed by atoms with Crippen LogP contribution in [-0.4, -0.2) is 41.2 Å². The lowest BCUT2D eigenvalue weighted by atomic mass is 10.4. The van der Waals surface area contributed by atoms with Gasteiger partial charge < -0.3 is 18.4 Å². The van der Waals surface area contributed by atoms with Crippen LogP contribution in [0.1, 0.15) is 6.92 Å². The highest BCUT2D eigenvalue weighted by molar-refractivity contribution is 6.66. The summed E-state index contributed by atoms with van der Waals surface area (Å²) in [5, 5.41) is 8.62. The Kier molecular flexibility index (Phi) is 4.85. The van der Waals surface area contributed by atoms with Crippen molar-refractivity contribution in [2.24, 2.45) is 0 Å². The smallest absolute Gasteiger partial charge is 0.478 e. The van der Waals surface area contributed by atoms with E-state index in [1.807, 2.05) is 0 Å². The maximum Gasteiger partial charge on any atom is 0.529 e. The van der Waals surface area contributed by atoms with Crippen molar-refractivity contribution in [1.29, 1.82) is 0 Å². The van der Waals surface area contributed by atoms with Gasteiger partial charge in [-0.3, -0.25) is 0 Å². The normalized spacial score (nSPS) is 13.1. The van der Waals surface area contributed by atoms with Crippen LogP contribution in [0.15, 0.2) is 11.3 Å². The van der Waals surface area contributed by atoms with E-state index in [1.165, 1.54) is 34.0 Å². The van der Waals surface area contributed by atoms with Crippen molar-refractivity contribution >= 4 is 14.8 Å². The molecule has 0 aromatic rings. The molecule has 76 valence electrons. The largest absolute Gasteiger partial charge is 0.529 e. The molecule has 0 bridgehead atoms. The molecule has 0 heterocycles. The third-order valence-electron chi connectivity index (χ3n) is 1.58. The third kappa shape index (κ3) is 3.27. The van der Waals surface area contributed by atoms with E-state index >= 15 is 0 Å². The number of rotatable bonds is 5. The van der Waals surface area contributed by atoms with Crippen molar-refractivity contribution in [3.63, 3.8) is 0 Å². The fourth-order valence-electron chi connectivity index (χ4n) is 0.754. The molecule has 0 atom stereocenters. The molecule has 0 aromatic heterocycles. The summed E-state index contributed by atoms with van der Waals surface area (Å²) in [7, 11) is 1.38. The summed E-state index contributed by atoms with van der Waals surface area (Å²) in [6, 6.07) is 0. The van der Waals surface area contributed by atoms with Crippen LogP contribution in [0, 0.1) is 0 Å². The van der Waals surface area contributed by atoms with Crippen molar-refractivity contribution in [1.82, 2.24) is 0 Å². The van der Waals surface area contributed by atoms with Gasteiger partial charge in [0.05, 0.1) is 0 Å². The summed E-state index contributed by atoms with van der Waals surface area (Å²) in [6.07, 6.45) is 0. The minimum Gasteiger partial charge on any atom is -0.478 e. The summed E-state index contributed by atoms with van der Waals surface area (Å²) < 4.78 is 15.0. The second-order valence-electron chi connectivity index (χ2n) is 2.35. The molecule has 0 fully saturated rings. The molecule has 0 amide bonds. The van der Waals surface area contributed by atoms with Crippen LogP contribution in [0.5, 0.6) is 0 Å². The van der Waals surface area contributed by atoms with Gasteiger partial charge in [-0.25, -0.2) is 4.79 Å². The van der Waals surface area contributed by atoms with Crippen LogP contribution in [0.3, 0.4) is 0 Å². The first-order valence-electron chi connectivity index (χ1n) is 3.59. The number of hydrogen-bond acceptors (Lipinski definition) is 4. The fraction of sp³-hybridized carbons (Fsp3) is 0.571. The van der Waals surface area contributed by atoms with Gasteiger partial charge >= 0.3 is 14.8 Å². The lowest BCUT2D eigenvalue weighted by molar-refractivity contribution is -0.132. The second-order valence-corrected chi connectivity index (χ2v) is 5.07. The Labute approximate surface area is 78.3 Å². The van der Waals surface area contributed by atoms with Crippen LogP contribution in [0.2, 0.25) is 0 Å². The van der Waals surface area contributed by atoms with E-state index in [2.05, 4.69) is 0 Å². The molecule has 0 saturated carbocycles.